The molecule has 3 nitrogen and oxygen atoms in total. The number of nitrogens with zero attached hydrogens (tertiary/aromatic N) is 3. The number of hydrogen-bond donors (Lipinski definition) is 0. The van der Waals surface area contributed by atoms with E-state index in [1.807, 2.05) is 30.3 Å². The van der Waals surface area contributed by atoms with E-state index in [-0.39, 0.29) is 16.8 Å². The van der Waals surface area contributed by atoms with Gasteiger partial charge in [-0.3, -0.25) is 0 Å². The average molecular weight is 758 g/mol. The van der Waals surface area contributed by atoms with E-state index in [0.717, 1.165) is 83.1 Å². The second-order valence-corrected chi connectivity index (χ2v) is 14.9. The molecule has 0 bridgehead atoms. The van der Waals surface area contributed by atoms with Crippen molar-refractivity contribution in [3.05, 3.63) is 198 Å². The van der Waals surface area contributed by atoms with Gasteiger partial charge < -0.3 is 9.13 Å². The second-order valence-electron chi connectivity index (χ2n) is 14.9. The number of fused-ring (bicyclic) bond motifs is 6. The maximum absolute atomic E-state index is 14.8. The molecule has 0 aliphatic carbocycles. The van der Waals surface area contributed by atoms with Gasteiger partial charge in [-0.25, -0.2) is 4.85 Å². The molecule has 0 saturated carbocycles. The third-order valence-electron chi connectivity index (χ3n) is 11.3. The smallest absolute Gasteiger partial charge is 0.308 e. The number of halogens is 3. The minimum Gasteiger partial charge on any atom is -0.308 e. The maximum atomic E-state index is 14.8. The lowest BCUT2D eigenvalue weighted by Crippen LogP contribution is -2.08. The summed E-state index contributed by atoms with van der Waals surface area (Å²) in [5, 5.41) is 4.07. The summed E-state index contributed by atoms with van der Waals surface area (Å²) >= 11 is 0. The molecule has 0 aliphatic heterocycles. The molecule has 0 amide bonds. The van der Waals surface area contributed by atoms with Crippen molar-refractivity contribution in [3.63, 3.8) is 0 Å². The molecule has 0 N–H and O–H groups in total. The lowest BCUT2D eigenvalue weighted by Gasteiger charge is -2.21. The van der Waals surface area contributed by atoms with Crippen molar-refractivity contribution in [1.82, 2.24) is 9.13 Å². The Morgan fingerprint density at radius 1 is 0.431 bits per heavy atom. The van der Waals surface area contributed by atoms with Crippen LogP contribution < -0.4 is 0 Å². The van der Waals surface area contributed by atoms with Crippen molar-refractivity contribution >= 4 is 49.3 Å². The largest absolute Gasteiger partial charge is 0.416 e. The molecule has 0 aliphatic rings. The van der Waals surface area contributed by atoms with E-state index in [0.29, 0.717) is 11.4 Å². The van der Waals surface area contributed by atoms with E-state index < -0.39 is 11.7 Å². The van der Waals surface area contributed by atoms with Crippen LogP contribution in [0.4, 0.5) is 18.9 Å². The zero-order valence-corrected chi connectivity index (χ0v) is 31.6. The Morgan fingerprint density at radius 2 is 0.897 bits per heavy atom. The highest BCUT2D eigenvalue weighted by atomic mass is 19.4. The van der Waals surface area contributed by atoms with Crippen LogP contribution in [0.15, 0.2) is 170 Å². The normalized spacial score (nSPS) is 11.9. The predicted octanol–water partition coefficient (Wildman–Crippen LogP) is 15.1. The molecule has 6 heteroatoms. The van der Waals surface area contributed by atoms with Gasteiger partial charge in [0.2, 0.25) is 0 Å². The number of alkyl halides is 3. The molecule has 0 fully saturated rings. The number of hydrogen-bond acceptors (Lipinski definition) is 0. The summed E-state index contributed by atoms with van der Waals surface area (Å²) < 4.78 is 48.6. The summed E-state index contributed by atoms with van der Waals surface area (Å²) in [6.45, 7) is 12.6. The fourth-order valence-electron chi connectivity index (χ4n) is 8.67. The Morgan fingerprint density at radius 3 is 1.41 bits per heavy atom. The quantitative estimate of drug-likeness (QED) is 0.155. The van der Waals surface area contributed by atoms with Crippen molar-refractivity contribution in [1.29, 1.82) is 0 Å². The lowest BCUT2D eigenvalue weighted by atomic mass is 9.96. The standard InChI is InChI=1S/C52H34F3N3/c1-32-12-10-14-34(26-32)36-22-24-41-39-17-5-8-20-46(39)57(48(41)28-36)50-30-43(38-16-4-7-19-44(38)52(53,54)55)45(56-3)31-51(50)58-47-21-9-6-18-40(47)42-25-23-37(29-49(42)58)35-15-11-13-33(2)27-35/h4-31H,1-2H3. The van der Waals surface area contributed by atoms with Crippen LogP contribution in [0.1, 0.15) is 16.7 Å². The fraction of sp³-hybridized carbons (Fsp3) is 0.0577. The van der Waals surface area contributed by atoms with Crippen molar-refractivity contribution in [3.8, 4) is 44.8 Å². The van der Waals surface area contributed by atoms with Crippen LogP contribution in [0.5, 0.6) is 0 Å². The molecule has 10 rings (SSSR count). The molecule has 58 heavy (non-hydrogen) atoms. The van der Waals surface area contributed by atoms with E-state index in [4.69, 9.17) is 6.57 Å². The number of para-hydroxylation sites is 2. The van der Waals surface area contributed by atoms with E-state index in [1.165, 1.54) is 12.1 Å². The molecule has 2 heterocycles. The van der Waals surface area contributed by atoms with Crippen LogP contribution >= 0.6 is 0 Å². The Bertz CT molecular complexity index is 3320. The van der Waals surface area contributed by atoms with Gasteiger partial charge in [-0.05, 0) is 89.7 Å². The fourth-order valence-corrected chi connectivity index (χ4v) is 8.67. The molecule has 0 radical (unpaired) electrons. The van der Waals surface area contributed by atoms with Gasteiger partial charge in [0.1, 0.15) is 0 Å². The van der Waals surface area contributed by atoms with Gasteiger partial charge in [-0.15, -0.1) is 0 Å². The predicted molar refractivity (Wildman–Crippen MR) is 232 cm³/mol. The number of aromatic nitrogens is 2. The monoisotopic (exact) mass is 757 g/mol. The van der Waals surface area contributed by atoms with E-state index >= 15 is 0 Å². The second kappa shape index (κ2) is 13.4. The topological polar surface area (TPSA) is 14.2 Å². The third-order valence-corrected chi connectivity index (χ3v) is 11.3. The van der Waals surface area contributed by atoms with Crippen LogP contribution in [-0.2, 0) is 6.18 Å². The number of benzene rings is 8. The molecule has 10 aromatic rings. The lowest BCUT2D eigenvalue weighted by molar-refractivity contribution is -0.137. The van der Waals surface area contributed by atoms with E-state index in [2.05, 4.69) is 131 Å². The number of rotatable bonds is 5. The Balaban J connectivity index is 1.37. The molecule has 0 spiro atoms. The highest BCUT2D eigenvalue weighted by Crippen LogP contribution is 2.46. The highest BCUT2D eigenvalue weighted by Gasteiger charge is 2.34. The first-order valence-electron chi connectivity index (χ1n) is 19.1. The Hall–Kier alpha value is -7.36. The summed E-state index contributed by atoms with van der Waals surface area (Å²) in [4.78, 5) is 3.94. The third kappa shape index (κ3) is 5.66. The van der Waals surface area contributed by atoms with Crippen molar-refractivity contribution in [2.75, 3.05) is 0 Å². The summed E-state index contributed by atoms with van der Waals surface area (Å²) in [5.74, 6) is 0. The molecule has 278 valence electrons. The summed E-state index contributed by atoms with van der Waals surface area (Å²) in [7, 11) is 0. The molecular weight excluding hydrogens is 724 g/mol. The average Bonchev–Trinajstić information content (AvgIpc) is 3.75. The summed E-state index contributed by atoms with van der Waals surface area (Å²) in [6, 6.07) is 55.1. The SMILES string of the molecule is [C-]#[N+]c1cc(-n2c3ccccc3c3ccc(-c4cccc(C)c4)cc32)c(-n2c3ccccc3c3ccc(-c4cccc(C)c4)cc32)cc1-c1ccccc1C(F)(F)F. The molecular formula is C52H34F3N3. The van der Waals surface area contributed by atoms with Crippen LogP contribution in [-0.4, -0.2) is 9.13 Å². The minimum absolute atomic E-state index is 0.0426. The first kappa shape index (κ1) is 35.1. The Kier molecular flexibility index (Phi) is 8.10. The summed E-state index contributed by atoms with van der Waals surface area (Å²) in [5.41, 5.74) is 10.9. The zero-order chi connectivity index (χ0) is 39.7. The van der Waals surface area contributed by atoms with Crippen LogP contribution in [0.2, 0.25) is 0 Å². The molecule has 2 aromatic heterocycles. The summed E-state index contributed by atoms with van der Waals surface area (Å²) in [6.07, 6.45) is -4.64. The van der Waals surface area contributed by atoms with E-state index in [1.54, 1.807) is 18.2 Å². The van der Waals surface area contributed by atoms with Crippen LogP contribution in [0, 0.1) is 20.4 Å². The van der Waals surface area contributed by atoms with Crippen molar-refractivity contribution in [2.45, 2.75) is 20.0 Å². The maximum Gasteiger partial charge on any atom is 0.416 e. The van der Waals surface area contributed by atoms with Gasteiger partial charge in [0.25, 0.3) is 0 Å². The molecule has 0 saturated heterocycles. The molecule has 0 atom stereocenters. The zero-order valence-electron chi connectivity index (χ0n) is 31.6. The first-order valence-corrected chi connectivity index (χ1v) is 19.1. The van der Waals surface area contributed by atoms with Crippen molar-refractivity contribution in [2.24, 2.45) is 0 Å². The first-order chi connectivity index (χ1) is 28.2. The Labute approximate surface area is 333 Å². The van der Waals surface area contributed by atoms with Gasteiger partial charge in [0.05, 0.1) is 45.6 Å². The van der Waals surface area contributed by atoms with Gasteiger partial charge in [0, 0.05) is 21.5 Å². The molecule has 8 aromatic carbocycles. The van der Waals surface area contributed by atoms with Gasteiger partial charge in [-0.1, -0.05) is 139 Å². The highest BCUT2D eigenvalue weighted by molar-refractivity contribution is 6.13. The van der Waals surface area contributed by atoms with Crippen LogP contribution in [0.3, 0.4) is 0 Å². The van der Waals surface area contributed by atoms with Crippen molar-refractivity contribution < 1.29 is 13.2 Å². The minimum atomic E-state index is -4.64. The number of aryl methyl sites for hydroxylation is 2. The van der Waals surface area contributed by atoms with Crippen LogP contribution in [0.25, 0.3) is 93.2 Å². The van der Waals surface area contributed by atoms with Gasteiger partial charge in [-0.2, -0.15) is 13.2 Å². The van der Waals surface area contributed by atoms with Gasteiger partial charge >= 0.3 is 6.18 Å². The molecule has 0 unspecified atom stereocenters. The van der Waals surface area contributed by atoms with E-state index in [9.17, 15) is 13.2 Å². The van der Waals surface area contributed by atoms with Gasteiger partial charge in [0.15, 0.2) is 5.69 Å².